The number of carboxylic acid groups (broad SMARTS) is 1. The molecule has 0 aliphatic carbocycles. The standard InChI is InChI=1S/C20H38O7S.C4H8N2O3.Na/c1-5-9-11-16(7-3)14-26-19(21)13-18(28(23,24)25)20(22)27-15-17(8-4)12-10-6-2;5-2(4(8)9)1-3(6)7;/h16-18H,5-15H2,1-4H3,(H,23,24,25);2H,1,5H2,(H2,6,7)(H,8,9);/q;;+1/p-1. The summed E-state index contributed by atoms with van der Waals surface area (Å²) in [5, 5.41) is 6.04. The molecule has 12 nitrogen and oxygen atoms in total. The number of primary amides is 1. The summed E-state index contributed by atoms with van der Waals surface area (Å²) in [7, 11) is -5.01. The monoisotopic (exact) mass is 576 g/mol. The van der Waals surface area contributed by atoms with Crippen LogP contribution in [0.2, 0.25) is 0 Å². The molecule has 0 aliphatic heterocycles. The topological polar surface area (TPSA) is 216 Å². The predicted octanol–water partition coefficient (Wildman–Crippen LogP) is -0.913. The van der Waals surface area contributed by atoms with Crippen molar-refractivity contribution in [1.29, 1.82) is 0 Å². The maximum Gasteiger partial charge on any atom is 1.00 e. The van der Waals surface area contributed by atoms with Crippen molar-refractivity contribution in [3.05, 3.63) is 0 Å². The van der Waals surface area contributed by atoms with E-state index in [9.17, 15) is 32.1 Å². The number of hydrogen-bond donors (Lipinski definition) is 3. The number of carboxylic acids is 1. The minimum absolute atomic E-state index is 0. The molecular formula is C24H45N2NaO10S. The number of esters is 2. The summed E-state index contributed by atoms with van der Waals surface area (Å²) < 4.78 is 44.6. The van der Waals surface area contributed by atoms with E-state index < -0.39 is 51.6 Å². The van der Waals surface area contributed by atoms with Crippen molar-refractivity contribution < 1.29 is 76.3 Å². The van der Waals surface area contributed by atoms with Gasteiger partial charge in [0.25, 0.3) is 0 Å². The maximum absolute atomic E-state index is 12.1. The first-order valence-electron chi connectivity index (χ1n) is 12.8. The molecule has 0 fully saturated rings. The van der Waals surface area contributed by atoms with Gasteiger partial charge in [-0.05, 0) is 24.7 Å². The van der Waals surface area contributed by atoms with Crippen LogP contribution in [0.25, 0.3) is 0 Å². The summed E-state index contributed by atoms with van der Waals surface area (Å²) in [6.07, 6.45) is 6.27. The van der Waals surface area contributed by atoms with Gasteiger partial charge in [0.2, 0.25) is 5.91 Å². The first kappa shape index (κ1) is 41.2. The van der Waals surface area contributed by atoms with E-state index >= 15 is 0 Å². The molecule has 4 atom stereocenters. The Morgan fingerprint density at radius 1 is 0.868 bits per heavy atom. The Balaban J connectivity index is -0.00000104. The molecule has 0 rings (SSSR count). The van der Waals surface area contributed by atoms with Gasteiger partial charge in [-0.25, -0.2) is 8.42 Å². The van der Waals surface area contributed by atoms with Crippen molar-refractivity contribution >= 4 is 33.9 Å². The molecule has 38 heavy (non-hydrogen) atoms. The Bertz CT molecular complexity index is 795. The number of nitrogens with two attached hydrogens (primary N) is 2. The third-order valence-corrected chi connectivity index (χ3v) is 6.79. The number of unbranched alkanes of at least 4 members (excludes halogenated alkanes) is 2. The summed E-state index contributed by atoms with van der Waals surface area (Å²) in [4.78, 5) is 44.0. The molecule has 0 aromatic heterocycles. The normalized spacial score (nSPS) is 13.9. The second-order valence-corrected chi connectivity index (χ2v) is 10.5. The summed E-state index contributed by atoms with van der Waals surface area (Å²) in [5.74, 6) is -3.66. The zero-order chi connectivity index (χ0) is 29.0. The summed E-state index contributed by atoms with van der Waals surface area (Å²) >= 11 is 0. The Morgan fingerprint density at radius 3 is 1.63 bits per heavy atom. The van der Waals surface area contributed by atoms with Gasteiger partial charge >= 0.3 is 47.5 Å². The summed E-state index contributed by atoms with van der Waals surface area (Å²) in [6.45, 7) is 8.26. The molecule has 0 saturated heterocycles. The van der Waals surface area contributed by atoms with Crippen LogP contribution in [0.4, 0.5) is 0 Å². The molecule has 0 bridgehead atoms. The van der Waals surface area contributed by atoms with Crippen LogP contribution in [-0.4, -0.2) is 66.4 Å². The minimum atomic E-state index is -5.01. The van der Waals surface area contributed by atoms with Crippen molar-refractivity contribution in [3.63, 3.8) is 0 Å². The molecule has 14 heteroatoms. The first-order chi connectivity index (χ1) is 17.2. The van der Waals surface area contributed by atoms with Crippen LogP contribution >= 0.6 is 0 Å². The molecule has 0 aromatic rings. The molecule has 0 saturated carbocycles. The van der Waals surface area contributed by atoms with E-state index in [1.54, 1.807) is 0 Å². The van der Waals surface area contributed by atoms with Crippen LogP contribution in [-0.2, 0) is 38.8 Å². The summed E-state index contributed by atoms with van der Waals surface area (Å²) in [5.41, 5.74) is 9.57. The van der Waals surface area contributed by atoms with E-state index in [0.29, 0.717) is 0 Å². The smallest absolute Gasteiger partial charge is 0.747 e. The van der Waals surface area contributed by atoms with Gasteiger partial charge in [-0.1, -0.05) is 66.2 Å². The van der Waals surface area contributed by atoms with Crippen LogP contribution in [0, 0.1) is 11.8 Å². The number of carbonyl (C=O) groups excluding carboxylic acids is 3. The number of amides is 1. The molecule has 4 unspecified atom stereocenters. The van der Waals surface area contributed by atoms with Crippen molar-refractivity contribution in [2.75, 3.05) is 13.2 Å². The van der Waals surface area contributed by atoms with Crippen LogP contribution in [0.1, 0.15) is 91.9 Å². The van der Waals surface area contributed by atoms with Crippen LogP contribution < -0.4 is 41.0 Å². The molecule has 5 N–H and O–H groups in total. The van der Waals surface area contributed by atoms with Crippen LogP contribution in [0.3, 0.4) is 0 Å². The zero-order valence-electron chi connectivity index (χ0n) is 23.5. The Hall–Kier alpha value is -1.25. The molecule has 1 amide bonds. The Kier molecular flexibility index (Phi) is 25.6. The second-order valence-electron chi connectivity index (χ2n) is 8.95. The van der Waals surface area contributed by atoms with E-state index in [2.05, 4.69) is 19.6 Å². The van der Waals surface area contributed by atoms with Gasteiger partial charge < -0.3 is 30.6 Å². The fourth-order valence-corrected chi connectivity index (χ4v) is 3.76. The largest absolute Gasteiger partial charge is 1.00 e. The number of rotatable bonds is 19. The minimum Gasteiger partial charge on any atom is -0.747 e. The average molecular weight is 577 g/mol. The van der Waals surface area contributed by atoms with Crippen molar-refractivity contribution in [2.24, 2.45) is 23.3 Å². The maximum atomic E-state index is 12.1. The third kappa shape index (κ3) is 21.7. The Labute approximate surface area is 249 Å². The predicted molar refractivity (Wildman–Crippen MR) is 136 cm³/mol. The SMILES string of the molecule is CCCCC(CC)COC(=O)CC(C(=O)OCC(CC)CCCC)S(=O)(=O)[O-].NC(=O)CC(N)C(=O)O.[Na+]. The van der Waals surface area contributed by atoms with Crippen molar-refractivity contribution in [1.82, 2.24) is 0 Å². The van der Waals surface area contributed by atoms with Gasteiger partial charge in [0, 0.05) is 0 Å². The van der Waals surface area contributed by atoms with E-state index in [-0.39, 0.29) is 61.0 Å². The van der Waals surface area contributed by atoms with Gasteiger partial charge in [-0.3, -0.25) is 19.2 Å². The molecule has 0 heterocycles. The third-order valence-electron chi connectivity index (χ3n) is 5.73. The quantitative estimate of drug-likeness (QED) is 0.0971. The molecule has 0 aromatic carbocycles. The van der Waals surface area contributed by atoms with Crippen LogP contribution in [0.5, 0.6) is 0 Å². The molecule has 0 aliphatic rings. The fourth-order valence-electron chi connectivity index (χ4n) is 3.12. The molecule has 0 radical (unpaired) electrons. The second kappa shape index (κ2) is 23.6. The van der Waals surface area contributed by atoms with Gasteiger partial charge in [0.05, 0.1) is 26.1 Å². The van der Waals surface area contributed by atoms with E-state index in [4.69, 9.17) is 20.3 Å². The van der Waals surface area contributed by atoms with E-state index in [1.807, 2.05) is 13.8 Å². The fraction of sp³-hybridized carbons (Fsp3) is 0.833. The number of carbonyl (C=O) groups is 4. The van der Waals surface area contributed by atoms with Gasteiger partial charge in [0.15, 0.2) is 5.25 Å². The van der Waals surface area contributed by atoms with Gasteiger partial charge in [0.1, 0.15) is 16.2 Å². The van der Waals surface area contributed by atoms with Gasteiger partial charge in [-0.2, -0.15) is 0 Å². The van der Waals surface area contributed by atoms with E-state index in [1.165, 1.54) is 0 Å². The molecular weight excluding hydrogens is 531 g/mol. The number of hydrogen-bond acceptors (Lipinski definition) is 10. The first-order valence-corrected chi connectivity index (χ1v) is 14.2. The number of aliphatic carboxylic acids is 1. The zero-order valence-corrected chi connectivity index (χ0v) is 26.3. The molecule has 218 valence electrons. The Morgan fingerprint density at radius 2 is 1.32 bits per heavy atom. The molecule has 0 spiro atoms. The number of ether oxygens (including phenoxy) is 2. The van der Waals surface area contributed by atoms with Crippen molar-refractivity contribution in [3.8, 4) is 0 Å². The van der Waals surface area contributed by atoms with Gasteiger partial charge in [-0.15, -0.1) is 0 Å². The average Bonchev–Trinajstić information content (AvgIpc) is 2.81. The van der Waals surface area contributed by atoms with Crippen LogP contribution in [0.15, 0.2) is 0 Å². The summed E-state index contributed by atoms with van der Waals surface area (Å²) in [6, 6.07) is -1.16. The van der Waals surface area contributed by atoms with E-state index in [0.717, 1.165) is 51.4 Å². The van der Waals surface area contributed by atoms with Crippen molar-refractivity contribution in [2.45, 2.75) is 103 Å².